The second-order valence-electron chi connectivity index (χ2n) is 7.67. The third kappa shape index (κ3) is 4.25. The number of rotatable bonds is 5. The molecule has 0 radical (unpaired) electrons. The number of carboxylic acid groups (broad SMARTS) is 1. The maximum atomic E-state index is 12.6. The van der Waals surface area contributed by atoms with Gasteiger partial charge in [-0.3, -0.25) is 4.79 Å². The predicted octanol–water partition coefficient (Wildman–Crippen LogP) is 5.83. The Kier molecular flexibility index (Phi) is 5.77. The molecule has 0 atom stereocenters. The monoisotopic (exact) mass is 491 g/mol. The summed E-state index contributed by atoms with van der Waals surface area (Å²) >= 11 is 7.45. The summed E-state index contributed by atoms with van der Waals surface area (Å²) in [5.74, 6) is -0.910. The molecule has 170 valence electrons. The number of benzene rings is 2. The Hall–Kier alpha value is -3.75. The molecule has 0 bridgehead atoms. The highest BCUT2D eigenvalue weighted by molar-refractivity contribution is 8.18. The van der Waals surface area contributed by atoms with Crippen LogP contribution in [-0.2, 0) is 11.3 Å². The number of carbonyl (C=O) groups is 2. The lowest BCUT2D eigenvalue weighted by molar-refractivity contribution is -0.115. The first-order valence-corrected chi connectivity index (χ1v) is 11.5. The first kappa shape index (κ1) is 22.1. The van der Waals surface area contributed by atoms with Gasteiger partial charge in [-0.25, -0.2) is 9.79 Å². The second-order valence-corrected chi connectivity index (χ2v) is 9.10. The van der Waals surface area contributed by atoms with E-state index in [1.54, 1.807) is 12.1 Å². The van der Waals surface area contributed by atoms with E-state index in [1.165, 1.54) is 17.8 Å². The molecule has 1 saturated heterocycles. The van der Waals surface area contributed by atoms with Gasteiger partial charge in [0.15, 0.2) is 5.17 Å². The molecule has 2 N–H and O–H groups in total. The van der Waals surface area contributed by atoms with E-state index >= 15 is 0 Å². The fourth-order valence-electron chi connectivity index (χ4n) is 3.72. The van der Waals surface area contributed by atoms with E-state index in [1.807, 2.05) is 60.2 Å². The van der Waals surface area contributed by atoms with Crippen LogP contribution < -0.4 is 5.32 Å². The summed E-state index contributed by atoms with van der Waals surface area (Å²) in [5, 5.41) is 14.0. The van der Waals surface area contributed by atoms with Crippen molar-refractivity contribution in [3.8, 4) is 0 Å². The molecule has 1 aliphatic rings. The standard InChI is InChI=1S/C25H18ClN3O4S/c1-14-18(26)6-4-7-19(14)27-25-28-23(30)22(34-25)11-15-12-29(20-8-3-2-5-17(15)20)13-16-9-10-21(33-16)24(31)32/h2-12H,13H2,1H3,(H,31,32)(H,27,28,30). The molecule has 2 aromatic carbocycles. The number of aromatic nitrogens is 1. The molecule has 1 amide bonds. The van der Waals surface area contributed by atoms with Gasteiger partial charge < -0.3 is 19.4 Å². The zero-order chi connectivity index (χ0) is 23.8. The number of nitrogens with one attached hydrogen (secondary N) is 1. The number of nitrogens with zero attached hydrogens (tertiary/aromatic N) is 2. The van der Waals surface area contributed by atoms with E-state index in [4.69, 9.17) is 21.1 Å². The highest BCUT2D eigenvalue weighted by Gasteiger charge is 2.25. The van der Waals surface area contributed by atoms with Crippen LogP contribution in [0.15, 0.2) is 75.1 Å². The van der Waals surface area contributed by atoms with Gasteiger partial charge in [-0.2, -0.15) is 0 Å². The number of hydrogen-bond acceptors (Lipinski definition) is 5. The van der Waals surface area contributed by atoms with E-state index in [-0.39, 0.29) is 11.7 Å². The first-order valence-electron chi connectivity index (χ1n) is 10.3. The van der Waals surface area contributed by atoms with Crippen LogP contribution in [0.25, 0.3) is 17.0 Å². The number of halogens is 1. The highest BCUT2D eigenvalue weighted by Crippen LogP contribution is 2.33. The second kappa shape index (κ2) is 8.89. The summed E-state index contributed by atoms with van der Waals surface area (Å²) in [7, 11) is 0. The number of thioether (sulfide) groups is 1. The number of aromatic carboxylic acids is 1. The molecular formula is C25H18ClN3O4S. The lowest BCUT2D eigenvalue weighted by atomic mass is 10.1. The van der Waals surface area contributed by atoms with Gasteiger partial charge in [0.25, 0.3) is 5.91 Å². The number of furan rings is 1. The van der Waals surface area contributed by atoms with Crippen molar-refractivity contribution < 1.29 is 19.1 Å². The molecule has 4 aromatic rings. The highest BCUT2D eigenvalue weighted by atomic mass is 35.5. The molecule has 2 aromatic heterocycles. The largest absolute Gasteiger partial charge is 0.475 e. The van der Waals surface area contributed by atoms with Crippen LogP contribution in [0.2, 0.25) is 5.02 Å². The lowest BCUT2D eigenvalue weighted by Gasteiger charge is -2.02. The minimum atomic E-state index is -1.11. The Morgan fingerprint density at radius 3 is 2.82 bits per heavy atom. The van der Waals surface area contributed by atoms with Gasteiger partial charge in [0.1, 0.15) is 5.76 Å². The van der Waals surface area contributed by atoms with Crippen LogP contribution in [0, 0.1) is 6.92 Å². The van der Waals surface area contributed by atoms with Gasteiger partial charge in [-0.1, -0.05) is 35.9 Å². The molecule has 0 spiro atoms. The van der Waals surface area contributed by atoms with Gasteiger partial charge in [-0.05, 0) is 60.7 Å². The third-order valence-electron chi connectivity index (χ3n) is 5.42. The number of carbonyl (C=O) groups excluding carboxylic acids is 1. The number of aliphatic imine (C=N–C) groups is 1. The van der Waals surface area contributed by atoms with Crippen LogP contribution in [0.5, 0.6) is 0 Å². The van der Waals surface area contributed by atoms with Crippen LogP contribution in [-0.4, -0.2) is 26.7 Å². The fourth-order valence-corrected chi connectivity index (χ4v) is 4.71. The van der Waals surface area contributed by atoms with Crippen LogP contribution in [0.4, 0.5) is 5.69 Å². The van der Waals surface area contributed by atoms with E-state index in [2.05, 4.69) is 10.3 Å². The van der Waals surface area contributed by atoms with Gasteiger partial charge in [0.2, 0.25) is 5.76 Å². The SMILES string of the molecule is Cc1c(Cl)cccc1N=C1NC(=O)C(=Cc2cn(Cc3ccc(C(=O)O)o3)c3ccccc23)S1. The minimum Gasteiger partial charge on any atom is -0.475 e. The zero-order valence-electron chi connectivity index (χ0n) is 17.9. The smallest absolute Gasteiger partial charge is 0.371 e. The molecule has 7 nitrogen and oxygen atoms in total. The van der Waals surface area contributed by atoms with E-state index in [0.717, 1.165) is 22.0 Å². The summed E-state index contributed by atoms with van der Waals surface area (Å²) < 4.78 is 7.38. The molecule has 9 heteroatoms. The number of amides is 1. The van der Waals surface area contributed by atoms with Crippen molar-refractivity contribution in [2.45, 2.75) is 13.5 Å². The number of amidine groups is 1. The predicted molar refractivity (Wildman–Crippen MR) is 134 cm³/mol. The maximum Gasteiger partial charge on any atom is 0.371 e. The first-order chi connectivity index (χ1) is 16.4. The summed E-state index contributed by atoms with van der Waals surface area (Å²) in [4.78, 5) is 28.8. The van der Waals surface area contributed by atoms with E-state index < -0.39 is 5.97 Å². The molecule has 5 rings (SSSR count). The van der Waals surface area contributed by atoms with Crippen molar-refractivity contribution in [2.75, 3.05) is 0 Å². The number of para-hydroxylation sites is 1. The van der Waals surface area contributed by atoms with Gasteiger partial charge >= 0.3 is 5.97 Å². The van der Waals surface area contributed by atoms with Crippen molar-refractivity contribution in [1.82, 2.24) is 9.88 Å². The van der Waals surface area contributed by atoms with Crippen LogP contribution >= 0.6 is 23.4 Å². The Morgan fingerprint density at radius 1 is 1.21 bits per heavy atom. The average Bonchev–Trinajstić information content (AvgIpc) is 3.51. The number of carboxylic acids is 1. The normalized spacial score (nSPS) is 16.0. The average molecular weight is 492 g/mol. The molecule has 3 heterocycles. The number of fused-ring (bicyclic) bond motifs is 1. The van der Waals surface area contributed by atoms with Crippen LogP contribution in [0.1, 0.15) is 27.4 Å². The van der Waals surface area contributed by atoms with Crippen molar-refractivity contribution in [2.24, 2.45) is 4.99 Å². The summed E-state index contributed by atoms with van der Waals surface area (Å²) in [6, 6.07) is 16.4. The third-order valence-corrected chi connectivity index (χ3v) is 6.74. The summed E-state index contributed by atoms with van der Waals surface area (Å²) in [6.45, 7) is 2.24. The quantitative estimate of drug-likeness (QED) is 0.342. The Labute approximate surface area is 203 Å². The van der Waals surface area contributed by atoms with Gasteiger partial charge in [-0.15, -0.1) is 0 Å². The lowest BCUT2D eigenvalue weighted by Crippen LogP contribution is -2.19. The molecular weight excluding hydrogens is 474 g/mol. The van der Waals surface area contributed by atoms with Crippen molar-refractivity contribution in [3.05, 3.63) is 93.4 Å². The molecule has 34 heavy (non-hydrogen) atoms. The van der Waals surface area contributed by atoms with E-state index in [0.29, 0.717) is 33.1 Å². The molecule has 0 aliphatic carbocycles. The number of hydrogen-bond donors (Lipinski definition) is 2. The minimum absolute atomic E-state index is 0.102. The summed E-state index contributed by atoms with van der Waals surface area (Å²) in [6.07, 6.45) is 3.75. The van der Waals surface area contributed by atoms with Crippen molar-refractivity contribution in [1.29, 1.82) is 0 Å². The van der Waals surface area contributed by atoms with Crippen molar-refractivity contribution in [3.63, 3.8) is 0 Å². The van der Waals surface area contributed by atoms with Gasteiger partial charge in [0, 0.05) is 27.7 Å². The van der Waals surface area contributed by atoms with Crippen LogP contribution in [0.3, 0.4) is 0 Å². The molecule has 0 unspecified atom stereocenters. The van der Waals surface area contributed by atoms with E-state index in [9.17, 15) is 9.59 Å². The Morgan fingerprint density at radius 2 is 2.03 bits per heavy atom. The molecule has 0 saturated carbocycles. The Bertz CT molecular complexity index is 1520. The van der Waals surface area contributed by atoms with Crippen molar-refractivity contribution >= 4 is 63.1 Å². The van der Waals surface area contributed by atoms with Gasteiger partial charge in [0.05, 0.1) is 17.1 Å². The fraction of sp³-hybridized carbons (Fsp3) is 0.0800. The molecule has 1 aliphatic heterocycles. The topological polar surface area (TPSA) is 96.8 Å². The Balaban J connectivity index is 1.47. The maximum absolute atomic E-state index is 12.6. The summed E-state index contributed by atoms with van der Waals surface area (Å²) in [5.41, 5.74) is 3.34. The zero-order valence-corrected chi connectivity index (χ0v) is 19.5. The molecule has 1 fully saturated rings.